The lowest BCUT2D eigenvalue weighted by atomic mass is 9.97. The smallest absolute Gasteiger partial charge is 0.321 e. The van der Waals surface area contributed by atoms with Gasteiger partial charge in [-0.05, 0) is 44.4 Å². The quantitative estimate of drug-likeness (QED) is 0.783. The monoisotopic (exact) mass is 361 g/mol. The first-order valence-corrected chi connectivity index (χ1v) is 9.46. The molecule has 0 bridgehead atoms. The van der Waals surface area contributed by atoms with Gasteiger partial charge in [0.1, 0.15) is 5.75 Å². The molecule has 3 amide bonds. The third kappa shape index (κ3) is 6.67. The molecule has 1 aromatic carbocycles. The van der Waals surface area contributed by atoms with Crippen LogP contribution in [0.15, 0.2) is 30.3 Å². The fourth-order valence-corrected chi connectivity index (χ4v) is 3.04. The Hall–Kier alpha value is -2.08. The predicted molar refractivity (Wildman–Crippen MR) is 102 cm³/mol. The number of imide groups is 1. The summed E-state index contributed by atoms with van der Waals surface area (Å²) in [6, 6.07) is 9.03. The molecule has 2 unspecified atom stereocenters. The third-order valence-corrected chi connectivity index (χ3v) is 4.61. The van der Waals surface area contributed by atoms with E-state index in [9.17, 15) is 9.59 Å². The molecule has 1 aliphatic heterocycles. The molecule has 1 heterocycles. The molecule has 1 fully saturated rings. The SMILES string of the molecule is CC(C)CNC(=O)NC(=O)C(C)N1CCCC(COc2ccccc2)C1. The standard InChI is InChI=1S/C20H31N3O3/c1-15(2)12-21-20(25)22-19(24)16(3)23-11-7-8-17(13-23)14-26-18-9-5-4-6-10-18/h4-6,9-10,15-17H,7-8,11-14H2,1-3H3,(H2,21,22,24,25). The van der Waals surface area contributed by atoms with Crippen molar-refractivity contribution in [3.05, 3.63) is 30.3 Å². The number of piperidine rings is 1. The van der Waals surface area contributed by atoms with Crippen LogP contribution in [0.1, 0.15) is 33.6 Å². The molecule has 0 radical (unpaired) electrons. The van der Waals surface area contributed by atoms with Crippen molar-refractivity contribution >= 4 is 11.9 Å². The van der Waals surface area contributed by atoms with E-state index in [0.29, 0.717) is 25.0 Å². The summed E-state index contributed by atoms with van der Waals surface area (Å²) in [7, 11) is 0. The van der Waals surface area contributed by atoms with Crippen molar-refractivity contribution < 1.29 is 14.3 Å². The number of nitrogens with one attached hydrogen (secondary N) is 2. The van der Waals surface area contributed by atoms with Crippen molar-refractivity contribution in [1.82, 2.24) is 15.5 Å². The van der Waals surface area contributed by atoms with Crippen LogP contribution in [0.5, 0.6) is 5.75 Å². The van der Waals surface area contributed by atoms with Crippen LogP contribution in [-0.2, 0) is 4.79 Å². The average Bonchev–Trinajstić information content (AvgIpc) is 2.65. The van der Waals surface area contributed by atoms with E-state index in [0.717, 1.165) is 31.7 Å². The summed E-state index contributed by atoms with van der Waals surface area (Å²) >= 11 is 0. The number of ether oxygens (including phenoxy) is 1. The molecule has 0 saturated carbocycles. The van der Waals surface area contributed by atoms with E-state index in [4.69, 9.17) is 4.74 Å². The van der Waals surface area contributed by atoms with E-state index in [2.05, 4.69) is 15.5 Å². The Morgan fingerprint density at radius 1 is 1.23 bits per heavy atom. The van der Waals surface area contributed by atoms with Gasteiger partial charge in [-0.1, -0.05) is 32.0 Å². The summed E-state index contributed by atoms with van der Waals surface area (Å²) in [4.78, 5) is 26.3. The van der Waals surface area contributed by atoms with E-state index < -0.39 is 6.03 Å². The Labute approximate surface area is 156 Å². The first kappa shape index (κ1) is 20.2. The minimum Gasteiger partial charge on any atom is -0.493 e. The molecule has 2 N–H and O–H groups in total. The highest BCUT2D eigenvalue weighted by atomic mass is 16.5. The van der Waals surface area contributed by atoms with Gasteiger partial charge in [0.2, 0.25) is 5.91 Å². The minimum atomic E-state index is -0.420. The Balaban J connectivity index is 1.78. The number of likely N-dealkylation sites (tertiary alicyclic amines) is 1. The van der Waals surface area contributed by atoms with Crippen LogP contribution in [0.2, 0.25) is 0 Å². The van der Waals surface area contributed by atoms with Crippen molar-refractivity contribution in [2.24, 2.45) is 11.8 Å². The summed E-state index contributed by atoms with van der Waals surface area (Å²) < 4.78 is 5.86. The van der Waals surface area contributed by atoms with Crippen LogP contribution in [0, 0.1) is 11.8 Å². The van der Waals surface area contributed by atoms with Gasteiger partial charge in [-0.15, -0.1) is 0 Å². The Bertz CT molecular complexity index is 577. The summed E-state index contributed by atoms with van der Waals surface area (Å²) in [6.07, 6.45) is 2.12. The number of carbonyl (C=O) groups is 2. The Morgan fingerprint density at radius 3 is 2.65 bits per heavy atom. The summed E-state index contributed by atoms with van der Waals surface area (Å²) in [6.45, 7) is 8.73. The van der Waals surface area contributed by atoms with Crippen LogP contribution in [0.25, 0.3) is 0 Å². The third-order valence-electron chi connectivity index (χ3n) is 4.61. The number of hydrogen-bond acceptors (Lipinski definition) is 4. The molecule has 2 atom stereocenters. The van der Waals surface area contributed by atoms with E-state index in [-0.39, 0.29) is 11.9 Å². The second-order valence-electron chi connectivity index (χ2n) is 7.40. The molecule has 1 aromatic rings. The highest BCUT2D eigenvalue weighted by Gasteiger charge is 2.28. The topological polar surface area (TPSA) is 70.7 Å². The van der Waals surface area contributed by atoms with Gasteiger partial charge in [0.15, 0.2) is 0 Å². The van der Waals surface area contributed by atoms with Gasteiger partial charge in [0.25, 0.3) is 0 Å². The molecule has 144 valence electrons. The second-order valence-corrected chi connectivity index (χ2v) is 7.40. The van der Waals surface area contributed by atoms with Crippen molar-refractivity contribution in [3.63, 3.8) is 0 Å². The fraction of sp³-hybridized carbons (Fsp3) is 0.600. The summed E-state index contributed by atoms with van der Waals surface area (Å²) in [5.74, 6) is 1.35. The summed E-state index contributed by atoms with van der Waals surface area (Å²) in [5.41, 5.74) is 0. The lowest BCUT2D eigenvalue weighted by Crippen LogP contribution is -2.52. The molecular formula is C20H31N3O3. The number of amides is 3. The van der Waals surface area contributed by atoms with E-state index in [1.54, 1.807) is 0 Å². The molecule has 0 spiro atoms. The molecule has 6 heteroatoms. The lowest BCUT2D eigenvalue weighted by molar-refractivity contribution is -0.125. The molecular weight excluding hydrogens is 330 g/mol. The molecule has 0 aliphatic carbocycles. The highest BCUT2D eigenvalue weighted by molar-refractivity contribution is 5.96. The van der Waals surface area contributed by atoms with Gasteiger partial charge in [0, 0.05) is 19.0 Å². The van der Waals surface area contributed by atoms with Gasteiger partial charge in [-0.2, -0.15) is 0 Å². The molecule has 1 aliphatic rings. The van der Waals surface area contributed by atoms with Gasteiger partial charge in [-0.3, -0.25) is 15.0 Å². The van der Waals surface area contributed by atoms with Crippen molar-refractivity contribution in [1.29, 1.82) is 0 Å². The van der Waals surface area contributed by atoms with Crippen LogP contribution in [-0.4, -0.2) is 49.1 Å². The van der Waals surface area contributed by atoms with Gasteiger partial charge < -0.3 is 10.1 Å². The minimum absolute atomic E-state index is 0.254. The number of para-hydroxylation sites is 1. The maximum atomic E-state index is 12.3. The average molecular weight is 361 g/mol. The van der Waals surface area contributed by atoms with Crippen LogP contribution in [0.4, 0.5) is 4.79 Å². The number of hydrogen-bond donors (Lipinski definition) is 2. The normalized spacial score (nSPS) is 19.0. The van der Waals surface area contributed by atoms with Gasteiger partial charge in [0.05, 0.1) is 12.6 Å². The maximum absolute atomic E-state index is 12.3. The number of rotatable bonds is 7. The van der Waals surface area contributed by atoms with Gasteiger partial charge >= 0.3 is 6.03 Å². The van der Waals surface area contributed by atoms with Crippen LogP contribution >= 0.6 is 0 Å². The zero-order valence-corrected chi connectivity index (χ0v) is 16.0. The largest absolute Gasteiger partial charge is 0.493 e. The van der Waals surface area contributed by atoms with Crippen molar-refractivity contribution in [2.75, 3.05) is 26.2 Å². The molecule has 2 rings (SSSR count). The Morgan fingerprint density at radius 2 is 1.96 bits per heavy atom. The predicted octanol–water partition coefficient (Wildman–Crippen LogP) is 2.65. The first-order valence-electron chi connectivity index (χ1n) is 9.46. The lowest BCUT2D eigenvalue weighted by Gasteiger charge is -2.35. The molecule has 26 heavy (non-hydrogen) atoms. The highest BCUT2D eigenvalue weighted by Crippen LogP contribution is 2.20. The number of carbonyl (C=O) groups excluding carboxylic acids is 2. The second kappa shape index (κ2) is 10.2. The molecule has 0 aromatic heterocycles. The van der Waals surface area contributed by atoms with E-state index >= 15 is 0 Å². The van der Waals surface area contributed by atoms with Crippen LogP contribution < -0.4 is 15.4 Å². The first-order chi connectivity index (χ1) is 12.5. The van der Waals surface area contributed by atoms with Crippen molar-refractivity contribution in [3.8, 4) is 5.75 Å². The summed E-state index contributed by atoms with van der Waals surface area (Å²) in [5, 5.41) is 5.15. The van der Waals surface area contributed by atoms with Crippen LogP contribution in [0.3, 0.4) is 0 Å². The number of urea groups is 1. The zero-order valence-electron chi connectivity index (χ0n) is 16.0. The van der Waals surface area contributed by atoms with Crippen molar-refractivity contribution in [2.45, 2.75) is 39.7 Å². The maximum Gasteiger partial charge on any atom is 0.321 e. The number of benzene rings is 1. The molecule has 6 nitrogen and oxygen atoms in total. The molecule has 1 saturated heterocycles. The van der Waals surface area contributed by atoms with Gasteiger partial charge in [-0.25, -0.2) is 4.79 Å². The van der Waals surface area contributed by atoms with E-state index in [1.807, 2.05) is 51.1 Å². The van der Waals surface area contributed by atoms with E-state index in [1.165, 1.54) is 0 Å². The zero-order chi connectivity index (χ0) is 18.9. The fourth-order valence-electron chi connectivity index (χ4n) is 3.04. The Kier molecular flexibility index (Phi) is 7.91. The number of nitrogens with zero attached hydrogens (tertiary/aromatic N) is 1.